The van der Waals surface area contributed by atoms with Crippen LogP contribution in [0.25, 0.3) is 5.78 Å². The number of hydrogen-bond acceptors (Lipinski definition) is 4. The van der Waals surface area contributed by atoms with Crippen LogP contribution in [0, 0.1) is 26.7 Å². The Bertz CT molecular complexity index is 945. The van der Waals surface area contributed by atoms with Crippen molar-refractivity contribution in [2.45, 2.75) is 47.6 Å². The summed E-state index contributed by atoms with van der Waals surface area (Å²) in [5, 5.41) is 4.55. The Morgan fingerprint density at radius 2 is 1.92 bits per heavy atom. The van der Waals surface area contributed by atoms with Crippen molar-refractivity contribution in [1.29, 1.82) is 0 Å². The van der Waals surface area contributed by atoms with Crippen molar-refractivity contribution in [3.63, 3.8) is 0 Å². The van der Waals surface area contributed by atoms with Gasteiger partial charge < -0.3 is 4.90 Å². The number of amides is 1. The Hall–Kier alpha value is -2.76. The monoisotopic (exact) mass is 351 g/mol. The van der Waals surface area contributed by atoms with Crippen LogP contribution in [-0.4, -0.2) is 25.5 Å². The quantitative estimate of drug-likeness (QED) is 0.704. The number of anilines is 1. The normalized spacial score (nSPS) is 11.3. The highest BCUT2D eigenvalue weighted by atomic mass is 16.2. The Morgan fingerprint density at radius 1 is 1.15 bits per heavy atom. The van der Waals surface area contributed by atoms with Gasteiger partial charge in [0.2, 0.25) is 5.91 Å². The second kappa shape index (κ2) is 7.23. The van der Waals surface area contributed by atoms with Gasteiger partial charge in [0, 0.05) is 23.5 Å². The Labute approximate surface area is 153 Å². The minimum atomic E-state index is 0.0744. The molecule has 0 aliphatic carbocycles. The van der Waals surface area contributed by atoms with Gasteiger partial charge in [0.15, 0.2) is 5.82 Å². The summed E-state index contributed by atoms with van der Waals surface area (Å²) < 4.78 is 1.73. The average molecular weight is 351 g/mol. The number of hydrogen-bond donors (Lipinski definition) is 0. The summed E-state index contributed by atoms with van der Waals surface area (Å²) in [5.41, 5.74) is 3.86. The Kier molecular flexibility index (Phi) is 5.02. The van der Waals surface area contributed by atoms with Crippen molar-refractivity contribution in [1.82, 2.24) is 19.6 Å². The molecule has 0 radical (unpaired) electrons. The zero-order valence-corrected chi connectivity index (χ0v) is 16.0. The zero-order valence-electron chi connectivity index (χ0n) is 16.0. The van der Waals surface area contributed by atoms with Crippen LogP contribution in [0.1, 0.15) is 43.0 Å². The van der Waals surface area contributed by atoms with Gasteiger partial charge in [-0.05, 0) is 50.5 Å². The highest BCUT2D eigenvalue weighted by molar-refractivity contribution is 5.93. The summed E-state index contributed by atoms with van der Waals surface area (Å²) >= 11 is 0. The van der Waals surface area contributed by atoms with Crippen molar-refractivity contribution in [3.8, 4) is 0 Å². The van der Waals surface area contributed by atoms with Gasteiger partial charge in [0.25, 0.3) is 5.78 Å². The smallest absolute Gasteiger partial charge is 0.252 e. The molecule has 6 nitrogen and oxygen atoms in total. The first-order valence-corrected chi connectivity index (χ1v) is 8.90. The molecule has 3 rings (SSSR count). The fourth-order valence-corrected chi connectivity index (χ4v) is 2.99. The van der Waals surface area contributed by atoms with Crippen LogP contribution >= 0.6 is 0 Å². The number of carbonyl (C=O) groups is 1. The van der Waals surface area contributed by atoms with Crippen molar-refractivity contribution < 1.29 is 4.79 Å². The van der Waals surface area contributed by atoms with Crippen LogP contribution in [0.3, 0.4) is 0 Å². The van der Waals surface area contributed by atoms with Gasteiger partial charge in [-0.15, -0.1) is 5.10 Å². The van der Waals surface area contributed by atoms with Gasteiger partial charge >= 0.3 is 0 Å². The van der Waals surface area contributed by atoms with Gasteiger partial charge in [-0.2, -0.15) is 4.98 Å². The maximum absolute atomic E-state index is 12.9. The summed E-state index contributed by atoms with van der Waals surface area (Å²) in [6.45, 7) is 10.4. The molecule has 0 atom stereocenters. The van der Waals surface area contributed by atoms with E-state index in [4.69, 9.17) is 0 Å². The number of nitrogens with zero attached hydrogens (tertiary/aromatic N) is 5. The number of benzene rings is 1. The molecule has 26 heavy (non-hydrogen) atoms. The second-order valence-electron chi connectivity index (χ2n) is 7.20. The van der Waals surface area contributed by atoms with E-state index < -0.39 is 0 Å². The minimum absolute atomic E-state index is 0.0744. The molecule has 0 aliphatic heterocycles. The lowest BCUT2D eigenvalue weighted by atomic mass is 10.1. The summed E-state index contributed by atoms with van der Waals surface area (Å²) in [6, 6.07) is 9.92. The largest absolute Gasteiger partial charge is 0.305 e. The van der Waals surface area contributed by atoms with E-state index in [0.717, 1.165) is 22.6 Å². The van der Waals surface area contributed by atoms with E-state index in [1.807, 2.05) is 65.0 Å². The predicted octanol–water partition coefficient (Wildman–Crippen LogP) is 3.63. The van der Waals surface area contributed by atoms with Crippen molar-refractivity contribution >= 4 is 17.4 Å². The molecule has 0 spiro atoms. The molecule has 0 saturated carbocycles. The summed E-state index contributed by atoms with van der Waals surface area (Å²) in [4.78, 5) is 23.6. The number of rotatable bonds is 5. The number of carbonyl (C=O) groups excluding carboxylic acids is 1. The summed E-state index contributed by atoms with van der Waals surface area (Å²) in [5.74, 6) is 1.52. The van der Waals surface area contributed by atoms with Gasteiger partial charge in [-0.1, -0.05) is 26.0 Å². The molecule has 2 aromatic heterocycles. The van der Waals surface area contributed by atoms with Crippen LogP contribution in [0.5, 0.6) is 0 Å². The standard InChI is InChI=1S/C20H25N5O/c1-13(2)9-19(26)24(17-8-6-7-14(3)10-17)12-18-22-20-21-15(4)11-16(5)25(20)23-18/h6-8,10-11,13H,9,12H2,1-5H3. The van der Waals surface area contributed by atoms with Gasteiger partial charge in [-0.3, -0.25) is 4.79 Å². The highest BCUT2D eigenvalue weighted by Gasteiger charge is 2.20. The molecule has 6 heteroatoms. The molecule has 1 amide bonds. The molecule has 0 saturated heterocycles. The topological polar surface area (TPSA) is 63.4 Å². The first-order chi connectivity index (χ1) is 12.3. The van der Waals surface area contributed by atoms with E-state index in [9.17, 15) is 4.79 Å². The van der Waals surface area contributed by atoms with Crippen molar-refractivity contribution in [3.05, 3.63) is 53.1 Å². The Morgan fingerprint density at radius 3 is 2.62 bits per heavy atom. The maximum atomic E-state index is 12.9. The van der Waals surface area contributed by atoms with Gasteiger partial charge in [0.05, 0.1) is 6.54 Å². The second-order valence-corrected chi connectivity index (χ2v) is 7.20. The highest BCUT2D eigenvalue weighted by Crippen LogP contribution is 2.20. The van der Waals surface area contributed by atoms with E-state index in [1.54, 1.807) is 9.42 Å². The zero-order chi connectivity index (χ0) is 18.8. The number of fused-ring (bicyclic) bond motifs is 1. The van der Waals surface area contributed by atoms with Gasteiger partial charge in [0.1, 0.15) is 0 Å². The van der Waals surface area contributed by atoms with Crippen molar-refractivity contribution in [2.75, 3.05) is 4.90 Å². The minimum Gasteiger partial charge on any atom is -0.305 e. The van der Waals surface area contributed by atoms with E-state index in [-0.39, 0.29) is 11.8 Å². The lowest BCUT2D eigenvalue weighted by molar-refractivity contribution is -0.119. The van der Waals surface area contributed by atoms with Crippen LogP contribution in [0.4, 0.5) is 5.69 Å². The van der Waals surface area contributed by atoms with Crippen LogP contribution < -0.4 is 4.90 Å². The fourth-order valence-electron chi connectivity index (χ4n) is 2.99. The molecule has 0 N–H and O–H groups in total. The van der Waals surface area contributed by atoms with E-state index in [1.165, 1.54) is 0 Å². The Balaban J connectivity index is 1.97. The van der Waals surface area contributed by atoms with E-state index in [0.29, 0.717) is 24.6 Å². The molecule has 1 aromatic carbocycles. The molecule has 0 unspecified atom stereocenters. The molecule has 3 aromatic rings. The van der Waals surface area contributed by atoms with Crippen LogP contribution in [-0.2, 0) is 11.3 Å². The average Bonchev–Trinajstić information content (AvgIpc) is 2.94. The maximum Gasteiger partial charge on any atom is 0.252 e. The third-order valence-corrected chi connectivity index (χ3v) is 4.16. The number of aryl methyl sites for hydroxylation is 3. The number of aromatic nitrogens is 4. The van der Waals surface area contributed by atoms with E-state index >= 15 is 0 Å². The molecule has 0 aliphatic rings. The summed E-state index contributed by atoms with van der Waals surface area (Å²) in [7, 11) is 0. The molecular formula is C20H25N5O. The molecule has 136 valence electrons. The van der Waals surface area contributed by atoms with Crippen LogP contribution in [0.2, 0.25) is 0 Å². The van der Waals surface area contributed by atoms with Gasteiger partial charge in [-0.25, -0.2) is 9.50 Å². The first-order valence-electron chi connectivity index (χ1n) is 8.90. The van der Waals surface area contributed by atoms with E-state index in [2.05, 4.69) is 15.1 Å². The molecule has 2 heterocycles. The third kappa shape index (κ3) is 3.90. The molecule has 0 bridgehead atoms. The van der Waals surface area contributed by atoms with Crippen LogP contribution in [0.15, 0.2) is 30.3 Å². The fraction of sp³-hybridized carbons (Fsp3) is 0.400. The summed E-state index contributed by atoms with van der Waals surface area (Å²) in [6.07, 6.45) is 0.484. The lowest BCUT2D eigenvalue weighted by Crippen LogP contribution is -2.31. The van der Waals surface area contributed by atoms with Crippen molar-refractivity contribution in [2.24, 2.45) is 5.92 Å². The third-order valence-electron chi connectivity index (χ3n) is 4.16. The predicted molar refractivity (Wildman–Crippen MR) is 102 cm³/mol. The molecule has 0 fully saturated rings. The molecular weight excluding hydrogens is 326 g/mol. The lowest BCUT2D eigenvalue weighted by Gasteiger charge is -2.23. The SMILES string of the molecule is Cc1cccc(N(Cc2nc3nc(C)cc(C)n3n2)C(=O)CC(C)C)c1. The first kappa shape index (κ1) is 18.0.